The number of nitrogens with one attached hydrogen (secondary N) is 1. The molecule has 2 aromatic carbocycles. The number of benzene rings is 2. The number of halogens is 2. The van der Waals surface area contributed by atoms with E-state index in [0.717, 1.165) is 4.47 Å². The molecule has 29 heavy (non-hydrogen) atoms. The maximum atomic E-state index is 12.3. The summed E-state index contributed by atoms with van der Waals surface area (Å²) in [5.74, 6) is -1.24. The minimum Gasteiger partial charge on any atom is -0.497 e. The molecule has 1 aliphatic heterocycles. The number of amides is 2. The van der Waals surface area contributed by atoms with Gasteiger partial charge in [0.2, 0.25) is 5.91 Å². The Morgan fingerprint density at radius 2 is 1.97 bits per heavy atom. The van der Waals surface area contributed by atoms with Crippen LogP contribution in [0.15, 0.2) is 46.9 Å². The fraction of sp³-hybridized carbons (Fsp3) is 0.250. The van der Waals surface area contributed by atoms with Crippen molar-refractivity contribution in [2.24, 2.45) is 5.92 Å². The minimum atomic E-state index is -0.631. The maximum Gasteiger partial charge on any atom is 0.311 e. The Bertz CT molecular complexity index is 935. The second-order valence-electron chi connectivity index (χ2n) is 6.38. The van der Waals surface area contributed by atoms with Gasteiger partial charge in [-0.05, 0) is 42.5 Å². The molecule has 0 radical (unpaired) electrons. The number of carbonyl (C=O) groups excluding carboxylic acids is 3. The lowest BCUT2D eigenvalue weighted by Crippen LogP contribution is -2.28. The molecule has 2 aromatic rings. The quantitative estimate of drug-likeness (QED) is 0.637. The number of esters is 1. The number of carbonyl (C=O) groups is 3. The smallest absolute Gasteiger partial charge is 0.311 e. The molecule has 7 nitrogen and oxygen atoms in total. The molecule has 0 aromatic heterocycles. The van der Waals surface area contributed by atoms with Gasteiger partial charge in [0.15, 0.2) is 6.61 Å². The van der Waals surface area contributed by atoms with Crippen LogP contribution in [0.5, 0.6) is 5.75 Å². The summed E-state index contributed by atoms with van der Waals surface area (Å²) in [7, 11) is 1.56. The maximum absolute atomic E-state index is 12.3. The molecular formula is C20H18BrClN2O5. The van der Waals surface area contributed by atoms with Crippen molar-refractivity contribution in [1.29, 1.82) is 0 Å². The van der Waals surface area contributed by atoms with Crippen molar-refractivity contribution < 1.29 is 23.9 Å². The van der Waals surface area contributed by atoms with Gasteiger partial charge in [-0.2, -0.15) is 0 Å². The molecule has 0 bridgehead atoms. The third kappa shape index (κ3) is 5.27. The summed E-state index contributed by atoms with van der Waals surface area (Å²) in [6.45, 7) is -0.261. The van der Waals surface area contributed by atoms with Crippen molar-refractivity contribution in [3.63, 3.8) is 0 Å². The van der Waals surface area contributed by atoms with Gasteiger partial charge in [0.1, 0.15) is 5.75 Å². The predicted molar refractivity (Wildman–Crippen MR) is 112 cm³/mol. The number of hydrogen-bond donors (Lipinski definition) is 1. The molecule has 3 rings (SSSR count). The van der Waals surface area contributed by atoms with Gasteiger partial charge in [-0.3, -0.25) is 14.4 Å². The first-order valence-corrected chi connectivity index (χ1v) is 9.90. The molecule has 1 atom stereocenters. The number of anilines is 2. The highest BCUT2D eigenvalue weighted by molar-refractivity contribution is 9.10. The molecule has 1 fully saturated rings. The van der Waals surface area contributed by atoms with Crippen molar-refractivity contribution in [2.75, 3.05) is 30.5 Å². The Morgan fingerprint density at radius 3 is 2.62 bits per heavy atom. The van der Waals surface area contributed by atoms with Crippen molar-refractivity contribution in [2.45, 2.75) is 6.42 Å². The molecule has 1 N–H and O–H groups in total. The zero-order chi connectivity index (χ0) is 21.0. The minimum absolute atomic E-state index is 0.0328. The number of hydrogen-bond acceptors (Lipinski definition) is 5. The summed E-state index contributed by atoms with van der Waals surface area (Å²) in [5, 5.41) is 2.94. The third-order valence-corrected chi connectivity index (χ3v) is 5.20. The van der Waals surface area contributed by atoms with Crippen LogP contribution in [-0.2, 0) is 19.1 Å². The molecule has 2 amide bonds. The lowest BCUT2D eigenvalue weighted by molar-refractivity contribution is -0.151. The van der Waals surface area contributed by atoms with E-state index in [9.17, 15) is 14.4 Å². The van der Waals surface area contributed by atoms with Crippen LogP contribution < -0.4 is 15.0 Å². The zero-order valence-corrected chi connectivity index (χ0v) is 17.8. The van der Waals surface area contributed by atoms with E-state index in [1.807, 2.05) is 0 Å². The average molecular weight is 482 g/mol. The first-order valence-electron chi connectivity index (χ1n) is 8.73. The van der Waals surface area contributed by atoms with Gasteiger partial charge >= 0.3 is 5.97 Å². The summed E-state index contributed by atoms with van der Waals surface area (Å²) in [4.78, 5) is 38.1. The molecule has 0 spiro atoms. The van der Waals surface area contributed by atoms with Crippen LogP contribution in [0.4, 0.5) is 11.4 Å². The van der Waals surface area contributed by atoms with E-state index in [2.05, 4.69) is 21.2 Å². The van der Waals surface area contributed by atoms with E-state index >= 15 is 0 Å². The van der Waals surface area contributed by atoms with Gasteiger partial charge in [0.05, 0.1) is 23.7 Å². The molecule has 9 heteroatoms. The lowest BCUT2D eigenvalue weighted by atomic mass is 10.1. The molecular weight excluding hydrogens is 464 g/mol. The van der Waals surface area contributed by atoms with Crippen LogP contribution in [0, 0.1) is 5.92 Å². The van der Waals surface area contributed by atoms with E-state index < -0.39 is 24.4 Å². The van der Waals surface area contributed by atoms with E-state index in [4.69, 9.17) is 21.1 Å². The van der Waals surface area contributed by atoms with Crippen LogP contribution in [0.2, 0.25) is 5.02 Å². The van der Waals surface area contributed by atoms with Crippen molar-refractivity contribution >= 4 is 56.7 Å². The topological polar surface area (TPSA) is 84.9 Å². The van der Waals surface area contributed by atoms with Crippen molar-refractivity contribution in [3.8, 4) is 5.75 Å². The molecule has 0 aliphatic carbocycles. The Hall–Kier alpha value is -2.58. The van der Waals surface area contributed by atoms with Gasteiger partial charge in [0.25, 0.3) is 5.91 Å². The number of rotatable bonds is 6. The zero-order valence-electron chi connectivity index (χ0n) is 15.5. The summed E-state index contributed by atoms with van der Waals surface area (Å²) in [5.41, 5.74) is 1.09. The molecule has 0 saturated carbocycles. The summed E-state index contributed by atoms with van der Waals surface area (Å²) < 4.78 is 11.0. The first kappa shape index (κ1) is 21.1. The fourth-order valence-corrected chi connectivity index (χ4v) is 3.63. The first-order chi connectivity index (χ1) is 13.9. The summed E-state index contributed by atoms with van der Waals surface area (Å²) in [6.07, 6.45) is 0.0328. The van der Waals surface area contributed by atoms with Crippen LogP contribution in [0.1, 0.15) is 6.42 Å². The average Bonchev–Trinajstić information content (AvgIpc) is 3.10. The lowest BCUT2D eigenvalue weighted by Gasteiger charge is -2.17. The number of nitrogens with zero attached hydrogens (tertiary/aromatic N) is 1. The normalized spacial score (nSPS) is 15.9. The highest BCUT2D eigenvalue weighted by Gasteiger charge is 2.36. The standard InChI is InChI=1S/C20H18BrClN2O5/c1-28-15-5-3-14(4-6-15)24-10-12(8-19(24)26)20(27)29-11-18(25)23-17-7-2-13(21)9-16(17)22/h2-7,9,12H,8,10-11H2,1H3,(H,23,25). The van der Waals surface area contributed by atoms with Gasteiger partial charge in [-0.1, -0.05) is 27.5 Å². The SMILES string of the molecule is COc1ccc(N2CC(C(=O)OCC(=O)Nc3ccc(Br)cc3Cl)CC2=O)cc1. The van der Waals surface area contributed by atoms with Crippen LogP contribution >= 0.6 is 27.5 Å². The Morgan fingerprint density at radius 1 is 1.24 bits per heavy atom. The third-order valence-electron chi connectivity index (χ3n) is 4.39. The Labute approximate surface area is 181 Å². The molecule has 1 unspecified atom stereocenters. The van der Waals surface area contributed by atoms with E-state index in [-0.39, 0.29) is 18.9 Å². The van der Waals surface area contributed by atoms with E-state index in [1.165, 1.54) is 4.90 Å². The van der Waals surface area contributed by atoms with Gasteiger partial charge in [-0.15, -0.1) is 0 Å². The number of ether oxygens (including phenoxy) is 2. The fourth-order valence-electron chi connectivity index (χ4n) is 2.91. The monoisotopic (exact) mass is 480 g/mol. The van der Waals surface area contributed by atoms with Crippen molar-refractivity contribution in [1.82, 2.24) is 0 Å². The second-order valence-corrected chi connectivity index (χ2v) is 7.71. The van der Waals surface area contributed by atoms with Crippen LogP contribution in [-0.4, -0.2) is 38.0 Å². The second kappa shape index (κ2) is 9.28. The molecule has 1 aliphatic rings. The van der Waals surface area contributed by atoms with Gasteiger partial charge in [-0.25, -0.2) is 0 Å². The number of methoxy groups -OCH3 is 1. The molecule has 1 saturated heterocycles. The van der Waals surface area contributed by atoms with E-state index in [1.54, 1.807) is 49.6 Å². The summed E-state index contributed by atoms with van der Waals surface area (Å²) >= 11 is 9.33. The summed E-state index contributed by atoms with van der Waals surface area (Å²) in [6, 6.07) is 12.0. The largest absolute Gasteiger partial charge is 0.497 e. The van der Waals surface area contributed by atoms with E-state index in [0.29, 0.717) is 22.1 Å². The van der Waals surface area contributed by atoms with Crippen LogP contribution in [0.3, 0.4) is 0 Å². The van der Waals surface area contributed by atoms with Gasteiger partial charge in [0, 0.05) is 23.1 Å². The van der Waals surface area contributed by atoms with Crippen molar-refractivity contribution in [3.05, 3.63) is 52.0 Å². The Balaban J connectivity index is 1.52. The predicted octanol–water partition coefficient (Wildman–Crippen LogP) is 3.65. The highest BCUT2D eigenvalue weighted by Crippen LogP contribution is 2.28. The van der Waals surface area contributed by atoms with Gasteiger partial charge < -0.3 is 19.7 Å². The Kier molecular flexibility index (Phi) is 6.76. The van der Waals surface area contributed by atoms with Crippen LogP contribution in [0.25, 0.3) is 0 Å². The molecule has 1 heterocycles. The molecule has 152 valence electrons. The highest BCUT2D eigenvalue weighted by atomic mass is 79.9.